The van der Waals surface area contributed by atoms with Crippen LogP contribution in [0.4, 0.5) is 0 Å². The van der Waals surface area contributed by atoms with Gasteiger partial charge in [0.2, 0.25) is 0 Å². The first-order valence-electron chi connectivity index (χ1n) is 20.5. The zero-order chi connectivity index (χ0) is 39.0. The Morgan fingerprint density at radius 1 is 0.536 bits per heavy atom. The van der Waals surface area contributed by atoms with Crippen molar-refractivity contribution in [1.29, 1.82) is 0 Å². The molecule has 0 nitrogen and oxygen atoms in total. The molecule has 2 unspecified atom stereocenters. The average molecular weight is 866 g/mol. The van der Waals surface area contributed by atoms with Gasteiger partial charge < -0.3 is 0 Å². The van der Waals surface area contributed by atoms with Crippen LogP contribution in [0.2, 0.25) is 0 Å². The van der Waals surface area contributed by atoms with Crippen molar-refractivity contribution in [2.24, 2.45) is 11.8 Å². The Hall–Kier alpha value is -3.52. The Balaban J connectivity index is 1.35. The Kier molecular flexibility index (Phi) is 9.77. The summed E-state index contributed by atoms with van der Waals surface area (Å²) in [7, 11) is 17.5. The van der Waals surface area contributed by atoms with Crippen LogP contribution in [-0.4, -0.2) is 9.52 Å². The molecule has 1 aliphatic heterocycles. The molecule has 0 saturated carbocycles. The summed E-state index contributed by atoms with van der Waals surface area (Å²) in [5.74, 6) is 1.06. The molecule has 1 heterocycles. The molecule has 6 aromatic carbocycles. The molecule has 281 valence electrons. The normalized spacial score (nSPS) is 18.0. The molecule has 0 saturated heterocycles. The molecule has 56 heavy (non-hydrogen) atoms. The van der Waals surface area contributed by atoms with Crippen LogP contribution >= 0.6 is 17.0 Å². The summed E-state index contributed by atoms with van der Waals surface area (Å²) in [5.41, 5.74) is 18.5. The summed E-state index contributed by atoms with van der Waals surface area (Å²) >= 11 is -5.52. The fourth-order valence-corrected chi connectivity index (χ4v) is 39.7. The topological polar surface area (TPSA) is 0 Å². The van der Waals surface area contributed by atoms with E-state index in [1.165, 1.54) is 91.6 Å². The van der Waals surface area contributed by atoms with Gasteiger partial charge >= 0.3 is 348 Å². The van der Waals surface area contributed by atoms with Gasteiger partial charge in [0.15, 0.2) is 0 Å². The number of rotatable bonds is 9. The number of halogens is 2. The van der Waals surface area contributed by atoms with Gasteiger partial charge in [-0.2, -0.15) is 0 Å². The quantitative estimate of drug-likeness (QED) is 0.127. The summed E-state index contributed by atoms with van der Waals surface area (Å²) in [6.45, 7) is 13.9. The van der Waals surface area contributed by atoms with Crippen LogP contribution < -0.4 is 13.6 Å². The first-order valence-corrected chi connectivity index (χ1v) is 32.3. The molecular weight excluding hydrogens is 815 g/mol. The minimum absolute atomic E-state index is 0.0932. The number of allylic oxidation sites excluding steroid dienone is 2. The van der Waals surface area contributed by atoms with Crippen LogP contribution in [0.5, 0.6) is 0 Å². The van der Waals surface area contributed by atoms with E-state index in [9.17, 15) is 0 Å². The minimum atomic E-state index is -5.52. The van der Waals surface area contributed by atoms with Crippen molar-refractivity contribution < 1.29 is 16.4 Å². The Bertz CT molecular complexity index is 2450. The summed E-state index contributed by atoms with van der Waals surface area (Å²) in [6.07, 6.45) is 6.97. The molecule has 4 heteroatoms. The van der Waals surface area contributed by atoms with E-state index >= 15 is 0 Å². The Labute approximate surface area is 344 Å². The number of fused-ring (bicyclic) bond motifs is 5. The zero-order valence-electron chi connectivity index (χ0n) is 33.5. The van der Waals surface area contributed by atoms with Gasteiger partial charge in [-0.1, -0.05) is 0 Å². The predicted molar refractivity (Wildman–Crippen MR) is 245 cm³/mol. The first-order chi connectivity index (χ1) is 26.9. The molecule has 0 spiro atoms. The van der Waals surface area contributed by atoms with Gasteiger partial charge in [-0.15, -0.1) is 0 Å². The summed E-state index contributed by atoms with van der Waals surface area (Å²) in [4.78, 5) is 0. The Morgan fingerprint density at radius 2 is 1.00 bits per heavy atom. The van der Waals surface area contributed by atoms with E-state index in [1.807, 2.05) is 0 Å². The summed E-state index contributed by atoms with van der Waals surface area (Å²) in [6, 6.07) is 47.6. The Morgan fingerprint density at radius 3 is 1.50 bits per heavy atom. The molecule has 9 rings (SSSR count). The van der Waals surface area contributed by atoms with E-state index < -0.39 is 25.9 Å². The second-order valence-corrected chi connectivity index (χ2v) is 40.0. The van der Waals surface area contributed by atoms with Gasteiger partial charge in [0.05, 0.1) is 0 Å². The van der Waals surface area contributed by atoms with E-state index in [1.54, 1.807) is 0 Å². The molecule has 2 aliphatic carbocycles. The molecule has 0 bridgehead atoms. The van der Waals surface area contributed by atoms with Crippen molar-refractivity contribution in [1.82, 2.24) is 0 Å². The van der Waals surface area contributed by atoms with Gasteiger partial charge in [-0.3, -0.25) is 0 Å². The van der Waals surface area contributed by atoms with Crippen molar-refractivity contribution in [3.8, 4) is 33.4 Å². The number of benzene rings is 6. The molecule has 0 radical (unpaired) electrons. The molecule has 2 atom stereocenters. The van der Waals surface area contributed by atoms with Crippen LogP contribution in [0, 0.1) is 11.8 Å². The van der Waals surface area contributed by atoms with Crippen molar-refractivity contribution >= 4 is 52.3 Å². The van der Waals surface area contributed by atoms with Crippen molar-refractivity contribution in [3.05, 3.63) is 172 Å². The van der Waals surface area contributed by atoms with Crippen molar-refractivity contribution in [2.75, 3.05) is 0 Å². The van der Waals surface area contributed by atoms with Crippen LogP contribution in [0.1, 0.15) is 82.2 Å². The van der Waals surface area contributed by atoms with E-state index in [0.29, 0.717) is 11.8 Å². The number of hydrogen-bond donors (Lipinski definition) is 0. The van der Waals surface area contributed by atoms with Gasteiger partial charge in [-0.25, -0.2) is 0 Å². The summed E-state index contributed by atoms with van der Waals surface area (Å²) < 4.78 is 1.10. The molecule has 3 aliphatic rings. The van der Waals surface area contributed by atoms with Crippen LogP contribution in [-0.2, 0) is 29.2 Å². The molecule has 0 fully saturated rings. The summed E-state index contributed by atoms with van der Waals surface area (Å²) in [5, 5.41) is 2.96. The van der Waals surface area contributed by atoms with E-state index in [-0.39, 0.29) is 7.25 Å². The maximum absolute atomic E-state index is 9.16. The molecule has 0 N–H and O–H groups in total. The van der Waals surface area contributed by atoms with E-state index in [2.05, 4.69) is 181 Å². The molecule has 0 amide bonds. The van der Waals surface area contributed by atoms with E-state index in [0.717, 1.165) is 12.8 Å². The molecule has 6 aromatic rings. The fourth-order valence-electron chi connectivity index (χ4n) is 10.9. The third kappa shape index (κ3) is 6.00. The SMILES string of the molecule is CC1=Cc2c(ccc(CC(C)C)c2-c2ccccc2)[CH]1[Zr]([Cl])([Cl])([c]1cccc2c1[SiH2]c1ccccc1-2)[CH]1C(C)=Cc2c1ccc(CC(C)C)c2-c1ccccc1. The second-order valence-electron chi connectivity index (χ2n) is 17.6. The van der Waals surface area contributed by atoms with Crippen molar-refractivity contribution in [2.45, 2.75) is 61.6 Å². The van der Waals surface area contributed by atoms with Crippen LogP contribution in [0.15, 0.2) is 139 Å². The molecule has 0 aromatic heterocycles. The average Bonchev–Trinajstić information content (AvgIpc) is 3.85. The predicted octanol–water partition coefficient (Wildman–Crippen LogP) is 12.5. The van der Waals surface area contributed by atoms with Gasteiger partial charge in [0.1, 0.15) is 0 Å². The zero-order valence-corrected chi connectivity index (χ0v) is 38.8. The fraction of sp³-hybridized carbons (Fsp3) is 0.231. The number of hydrogen-bond acceptors (Lipinski definition) is 0. The first kappa shape index (κ1) is 38.0. The van der Waals surface area contributed by atoms with Gasteiger partial charge in [0, 0.05) is 0 Å². The van der Waals surface area contributed by atoms with Gasteiger partial charge in [0.25, 0.3) is 0 Å². The molecular formula is C52H51Cl2SiZr. The van der Waals surface area contributed by atoms with Gasteiger partial charge in [-0.05, 0) is 0 Å². The maximum atomic E-state index is 9.16. The van der Waals surface area contributed by atoms with Crippen molar-refractivity contribution in [3.63, 3.8) is 0 Å². The third-order valence-electron chi connectivity index (χ3n) is 12.8. The standard InChI is InChI=1S/2C20H21.C12H9Si.2ClH.Zr/c2*1-14(2)11-18-10-9-17-12-15(3)13-19(17)20(18)16-7-5-4-6-8-16;1-3-7-11-9(5-1)10-6-2-4-8-12(10)13-11;;;/h2*4-10,12-14H,11H2,1-3H3;1-7H,13H2;2*1H;/q;;;;;+2/p-2. The van der Waals surface area contributed by atoms with E-state index in [4.69, 9.17) is 17.0 Å². The van der Waals surface area contributed by atoms with Crippen LogP contribution in [0.25, 0.3) is 45.5 Å². The second kappa shape index (κ2) is 14.4. The third-order valence-corrected chi connectivity index (χ3v) is 36.0. The van der Waals surface area contributed by atoms with Crippen LogP contribution in [0.3, 0.4) is 0 Å². The monoisotopic (exact) mass is 863 g/mol.